The van der Waals surface area contributed by atoms with Gasteiger partial charge in [0.05, 0.1) is 12.3 Å². The number of aliphatic hydroxyl groups is 1. The van der Waals surface area contributed by atoms with Crippen LogP contribution >= 0.6 is 0 Å². The lowest BCUT2D eigenvalue weighted by Gasteiger charge is -2.10. The SMILES string of the molecule is CC(C)CC1CC(c2ccc(CO)cc2)=NO1. The Morgan fingerprint density at radius 1 is 1.35 bits per heavy atom. The quantitative estimate of drug-likeness (QED) is 0.868. The van der Waals surface area contributed by atoms with Crippen molar-refractivity contribution in [2.24, 2.45) is 11.1 Å². The predicted octanol–water partition coefficient (Wildman–Crippen LogP) is 2.72. The van der Waals surface area contributed by atoms with E-state index in [-0.39, 0.29) is 12.7 Å². The minimum absolute atomic E-state index is 0.0826. The standard InChI is InChI=1S/C14H19NO2/c1-10(2)7-13-8-14(15-17-13)12-5-3-11(9-16)4-6-12/h3-6,10,13,16H,7-9H2,1-2H3. The number of hydrogen-bond acceptors (Lipinski definition) is 3. The van der Waals surface area contributed by atoms with E-state index in [1.807, 2.05) is 24.3 Å². The molecular formula is C14H19NO2. The fraction of sp³-hybridized carbons (Fsp3) is 0.500. The molecule has 2 rings (SSSR count). The normalized spacial score (nSPS) is 19.3. The highest BCUT2D eigenvalue weighted by Crippen LogP contribution is 2.21. The first-order chi connectivity index (χ1) is 8.19. The third-order valence-electron chi connectivity index (χ3n) is 2.94. The van der Waals surface area contributed by atoms with Crippen molar-refractivity contribution < 1.29 is 9.94 Å². The summed E-state index contributed by atoms with van der Waals surface area (Å²) < 4.78 is 0. The smallest absolute Gasteiger partial charge is 0.133 e. The van der Waals surface area contributed by atoms with Crippen molar-refractivity contribution in [2.75, 3.05) is 0 Å². The second-order valence-corrected chi connectivity index (χ2v) is 4.95. The Labute approximate surface area is 102 Å². The lowest BCUT2D eigenvalue weighted by Crippen LogP contribution is -2.11. The summed E-state index contributed by atoms with van der Waals surface area (Å²) in [7, 11) is 0. The molecule has 3 heteroatoms. The Morgan fingerprint density at radius 2 is 2.06 bits per heavy atom. The summed E-state index contributed by atoms with van der Waals surface area (Å²) in [6.45, 7) is 4.47. The summed E-state index contributed by atoms with van der Waals surface area (Å²) in [6.07, 6.45) is 2.15. The Bertz CT molecular complexity index is 395. The van der Waals surface area contributed by atoms with Crippen molar-refractivity contribution in [3.8, 4) is 0 Å². The predicted molar refractivity (Wildman–Crippen MR) is 67.8 cm³/mol. The summed E-state index contributed by atoms with van der Waals surface area (Å²) in [6, 6.07) is 7.83. The van der Waals surface area contributed by atoms with E-state index in [0.29, 0.717) is 5.92 Å². The van der Waals surface area contributed by atoms with Crippen molar-refractivity contribution in [2.45, 2.75) is 39.4 Å². The number of rotatable bonds is 4. The van der Waals surface area contributed by atoms with Gasteiger partial charge in [-0.2, -0.15) is 0 Å². The van der Waals surface area contributed by atoms with Crippen LogP contribution in [0.1, 0.15) is 37.8 Å². The topological polar surface area (TPSA) is 41.8 Å². The van der Waals surface area contributed by atoms with Gasteiger partial charge in [-0.05, 0) is 23.5 Å². The van der Waals surface area contributed by atoms with E-state index < -0.39 is 0 Å². The van der Waals surface area contributed by atoms with E-state index in [9.17, 15) is 0 Å². The minimum Gasteiger partial charge on any atom is -0.392 e. The van der Waals surface area contributed by atoms with E-state index in [0.717, 1.165) is 29.7 Å². The van der Waals surface area contributed by atoms with Gasteiger partial charge in [-0.1, -0.05) is 43.3 Å². The van der Waals surface area contributed by atoms with Crippen LogP contribution in [0.3, 0.4) is 0 Å². The molecule has 0 amide bonds. The Balaban J connectivity index is 1.99. The molecule has 0 aliphatic carbocycles. The summed E-state index contributed by atoms with van der Waals surface area (Å²) in [5, 5.41) is 13.1. The highest BCUT2D eigenvalue weighted by Gasteiger charge is 2.22. The second kappa shape index (κ2) is 5.32. The molecule has 0 saturated heterocycles. The van der Waals surface area contributed by atoms with E-state index in [1.54, 1.807) is 0 Å². The Kier molecular flexibility index (Phi) is 3.79. The van der Waals surface area contributed by atoms with Crippen LogP contribution in [-0.4, -0.2) is 16.9 Å². The van der Waals surface area contributed by atoms with Gasteiger partial charge in [-0.3, -0.25) is 0 Å². The first kappa shape index (κ1) is 12.1. The maximum absolute atomic E-state index is 8.98. The highest BCUT2D eigenvalue weighted by molar-refractivity contribution is 6.01. The minimum atomic E-state index is 0.0826. The van der Waals surface area contributed by atoms with Crippen molar-refractivity contribution in [1.29, 1.82) is 0 Å². The van der Waals surface area contributed by atoms with Gasteiger partial charge in [0.15, 0.2) is 0 Å². The molecule has 0 spiro atoms. The van der Waals surface area contributed by atoms with Crippen LogP contribution in [0.15, 0.2) is 29.4 Å². The van der Waals surface area contributed by atoms with Gasteiger partial charge in [-0.25, -0.2) is 0 Å². The third kappa shape index (κ3) is 3.07. The van der Waals surface area contributed by atoms with E-state index in [1.165, 1.54) is 0 Å². The van der Waals surface area contributed by atoms with E-state index in [2.05, 4.69) is 19.0 Å². The van der Waals surface area contributed by atoms with E-state index in [4.69, 9.17) is 9.94 Å². The molecule has 1 heterocycles. The number of aliphatic hydroxyl groups excluding tert-OH is 1. The first-order valence-electron chi connectivity index (χ1n) is 6.12. The molecule has 0 bridgehead atoms. The lowest BCUT2D eigenvalue weighted by molar-refractivity contribution is 0.0698. The average molecular weight is 233 g/mol. The molecule has 1 unspecified atom stereocenters. The molecule has 1 aliphatic heterocycles. The summed E-state index contributed by atoms with van der Waals surface area (Å²) in [5.41, 5.74) is 3.03. The van der Waals surface area contributed by atoms with Crippen LogP contribution in [0, 0.1) is 5.92 Å². The molecule has 1 atom stereocenters. The van der Waals surface area contributed by atoms with Crippen molar-refractivity contribution >= 4 is 5.71 Å². The van der Waals surface area contributed by atoms with Crippen LogP contribution < -0.4 is 0 Å². The number of oxime groups is 1. The largest absolute Gasteiger partial charge is 0.392 e. The molecule has 0 radical (unpaired) electrons. The van der Waals surface area contributed by atoms with Crippen LogP contribution in [0.4, 0.5) is 0 Å². The molecular weight excluding hydrogens is 214 g/mol. The van der Waals surface area contributed by atoms with Crippen molar-refractivity contribution in [3.05, 3.63) is 35.4 Å². The summed E-state index contributed by atoms with van der Waals surface area (Å²) in [5.74, 6) is 0.631. The van der Waals surface area contributed by atoms with Crippen LogP contribution in [0.2, 0.25) is 0 Å². The van der Waals surface area contributed by atoms with Crippen LogP contribution in [-0.2, 0) is 11.4 Å². The molecule has 1 aromatic carbocycles. The average Bonchev–Trinajstić information content (AvgIpc) is 2.77. The van der Waals surface area contributed by atoms with Gasteiger partial charge >= 0.3 is 0 Å². The molecule has 1 aromatic rings. The van der Waals surface area contributed by atoms with Crippen molar-refractivity contribution in [1.82, 2.24) is 0 Å². The van der Waals surface area contributed by atoms with Crippen LogP contribution in [0.5, 0.6) is 0 Å². The van der Waals surface area contributed by atoms with E-state index >= 15 is 0 Å². The maximum Gasteiger partial charge on any atom is 0.133 e. The van der Waals surface area contributed by atoms with Gasteiger partial charge in [0, 0.05) is 6.42 Å². The molecule has 17 heavy (non-hydrogen) atoms. The fourth-order valence-corrected chi connectivity index (χ4v) is 2.05. The lowest BCUT2D eigenvalue weighted by atomic mass is 9.98. The summed E-state index contributed by atoms with van der Waals surface area (Å²) >= 11 is 0. The second-order valence-electron chi connectivity index (χ2n) is 4.95. The highest BCUT2D eigenvalue weighted by atomic mass is 16.6. The number of benzene rings is 1. The maximum atomic E-state index is 8.98. The monoisotopic (exact) mass is 233 g/mol. The molecule has 3 nitrogen and oxygen atoms in total. The van der Waals surface area contributed by atoms with Gasteiger partial charge in [-0.15, -0.1) is 0 Å². The number of nitrogens with zero attached hydrogens (tertiary/aromatic N) is 1. The Hall–Kier alpha value is -1.35. The molecule has 0 aromatic heterocycles. The molecule has 0 fully saturated rings. The zero-order chi connectivity index (χ0) is 12.3. The van der Waals surface area contributed by atoms with Crippen LogP contribution in [0.25, 0.3) is 0 Å². The fourth-order valence-electron chi connectivity index (χ4n) is 2.05. The van der Waals surface area contributed by atoms with Crippen molar-refractivity contribution in [3.63, 3.8) is 0 Å². The molecule has 0 saturated carbocycles. The third-order valence-corrected chi connectivity index (χ3v) is 2.94. The molecule has 1 aliphatic rings. The number of hydrogen-bond donors (Lipinski definition) is 1. The van der Waals surface area contributed by atoms with Gasteiger partial charge < -0.3 is 9.94 Å². The Morgan fingerprint density at radius 3 is 2.65 bits per heavy atom. The molecule has 92 valence electrons. The zero-order valence-electron chi connectivity index (χ0n) is 10.4. The van der Waals surface area contributed by atoms with Gasteiger partial charge in [0.2, 0.25) is 0 Å². The molecule has 1 N–H and O–H groups in total. The van der Waals surface area contributed by atoms with Gasteiger partial charge in [0.25, 0.3) is 0 Å². The first-order valence-corrected chi connectivity index (χ1v) is 6.12. The zero-order valence-corrected chi connectivity index (χ0v) is 10.4. The summed E-state index contributed by atoms with van der Waals surface area (Å²) in [4.78, 5) is 5.43. The van der Waals surface area contributed by atoms with Gasteiger partial charge in [0.1, 0.15) is 6.10 Å².